The van der Waals surface area contributed by atoms with Crippen LogP contribution in [0.15, 0.2) is 30.3 Å². The molecule has 1 aromatic heterocycles. The smallest absolute Gasteiger partial charge is 0.248 e. The maximum atomic E-state index is 8.95. The van der Waals surface area contributed by atoms with Gasteiger partial charge < -0.3 is 10.4 Å². The number of hydrogen-bond acceptors (Lipinski definition) is 5. The number of rotatable bonds is 4. The molecule has 1 aromatic carbocycles. The second-order valence-electron chi connectivity index (χ2n) is 3.48. The van der Waals surface area contributed by atoms with Gasteiger partial charge in [0.05, 0.1) is 12.3 Å². The zero-order valence-corrected chi connectivity index (χ0v) is 8.91. The molecule has 0 aliphatic rings. The minimum Gasteiger partial charge on any atom is -0.394 e. The second-order valence-corrected chi connectivity index (χ2v) is 3.48. The molecule has 2 N–H and O–H groups in total. The highest BCUT2D eigenvalue weighted by Gasteiger charge is 2.09. The number of hydrogen-bond donors (Lipinski definition) is 2. The van der Waals surface area contributed by atoms with Crippen molar-refractivity contribution in [3.63, 3.8) is 0 Å². The molecular weight excluding hydrogens is 206 g/mol. The summed E-state index contributed by atoms with van der Waals surface area (Å²) < 4.78 is 1.59. The fourth-order valence-electron chi connectivity index (χ4n) is 1.29. The van der Waals surface area contributed by atoms with Crippen LogP contribution < -0.4 is 5.32 Å². The Hall–Kier alpha value is -1.95. The number of anilines is 1. The van der Waals surface area contributed by atoms with E-state index in [-0.39, 0.29) is 12.6 Å². The number of para-hydroxylation sites is 1. The summed E-state index contributed by atoms with van der Waals surface area (Å²) in [5.41, 5.74) is 0.875. The van der Waals surface area contributed by atoms with Gasteiger partial charge in [0.2, 0.25) is 5.95 Å². The quantitative estimate of drug-likeness (QED) is 0.781. The van der Waals surface area contributed by atoms with Crippen molar-refractivity contribution in [3.05, 3.63) is 30.3 Å². The molecule has 0 saturated carbocycles. The maximum absolute atomic E-state index is 8.95. The zero-order chi connectivity index (χ0) is 11.4. The highest BCUT2D eigenvalue weighted by atomic mass is 16.3. The van der Waals surface area contributed by atoms with Crippen LogP contribution in [0, 0.1) is 0 Å². The lowest BCUT2D eigenvalue weighted by molar-refractivity contribution is 0.281. The van der Waals surface area contributed by atoms with Crippen LogP contribution in [0.4, 0.5) is 5.95 Å². The molecule has 84 valence electrons. The molecule has 1 unspecified atom stereocenters. The van der Waals surface area contributed by atoms with Crippen molar-refractivity contribution in [2.45, 2.75) is 13.0 Å². The number of nitrogens with one attached hydrogen (secondary N) is 1. The molecule has 1 heterocycles. The van der Waals surface area contributed by atoms with Crippen LogP contribution in [-0.4, -0.2) is 38.0 Å². The van der Waals surface area contributed by atoms with E-state index in [9.17, 15) is 0 Å². The van der Waals surface area contributed by atoms with E-state index in [4.69, 9.17) is 5.11 Å². The predicted octanol–water partition coefficient (Wildman–Crippen LogP) is 0.455. The van der Waals surface area contributed by atoms with Gasteiger partial charge in [0.25, 0.3) is 0 Å². The van der Waals surface area contributed by atoms with Gasteiger partial charge in [-0.25, -0.2) is 0 Å². The Morgan fingerprint density at radius 3 is 2.81 bits per heavy atom. The Morgan fingerprint density at radius 2 is 2.12 bits per heavy atom. The summed E-state index contributed by atoms with van der Waals surface area (Å²) in [6, 6.07) is 9.48. The first-order chi connectivity index (χ1) is 7.81. The van der Waals surface area contributed by atoms with Crippen molar-refractivity contribution in [3.8, 4) is 5.69 Å². The molecule has 0 aliphatic carbocycles. The Balaban J connectivity index is 2.26. The summed E-state index contributed by atoms with van der Waals surface area (Å²) in [4.78, 5) is 0. The van der Waals surface area contributed by atoms with Gasteiger partial charge in [-0.05, 0) is 29.5 Å². The van der Waals surface area contributed by atoms with Gasteiger partial charge in [-0.1, -0.05) is 23.3 Å². The van der Waals surface area contributed by atoms with Gasteiger partial charge in [-0.2, -0.15) is 4.68 Å². The van der Waals surface area contributed by atoms with Crippen molar-refractivity contribution in [2.24, 2.45) is 0 Å². The average Bonchev–Trinajstić information content (AvgIpc) is 2.78. The van der Waals surface area contributed by atoms with Crippen LogP contribution in [0.25, 0.3) is 5.69 Å². The fraction of sp³-hybridized carbons (Fsp3) is 0.300. The molecule has 0 saturated heterocycles. The predicted molar refractivity (Wildman–Crippen MR) is 59.3 cm³/mol. The molecule has 0 spiro atoms. The van der Waals surface area contributed by atoms with Crippen LogP contribution in [-0.2, 0) is 0 Å². The molecule has 2 aromatic rings. The van der Waals surface area contributed by atoms with E-state index >= 15 is 0 Å². The number of tetrazole rings is 1. The number of nitrogens with zero attached hydrogens (tertiary/aromatic N) is 4. The minimum absolute atomic E-state index is 0.0294. The molecule has 16 heavy (non-hydrogen) atoms. The van der Waals surface area contributed by atoms with E-state index in [1.54, 1.807) is 4.68 Å². The summed E-state index contributed by atoms with van der Waals surface area (Å²) in [5, 5.41) is 23.3. The molecule has 6 heteroatoms. The Kier molecular flexibility index (Phi) is 3.11. The number of aromatic nitrogens is 4. The van der Waals surface area contributed by atoms with Crippen molar-refractivity contribution >= 4 is 5.95 Å². The van der Waals surface area contributed by atoms with E-state index in [1.807, 2.05) is 37.3 Å². The van der Waals surface area contributed by atoms with Gasteiger partial charge in [-0.3, -0.25) is 0 Å². The van der Waals surface area contributed by atoms with Crippen molar-refractivity contribution in [2.75, 3.05) is 11.9 Å². The summed E-state index contributed by atoms with van der Waals surface area (Å²) in [6.07, 6.45) is 0. The third-order valence-electron chi connectivity index (χ3n) is 2.12. The van der Waals surface area contributed by atoms with E-state index in [0.717, 1.165) is 5.69 Å². The fourth-order valence-corrected chi connectivity index (χ4v) is 1.29. The number of aliphatic hydroxyl groups is 1. The number of benzene rings is 1. The van der Waals surface area contributed by atoms with Crippen molar-refractivity contribution in [1.82, 2.24) is 20.2 Å². The van der Waals surface area contributed by atoms with Gasteiger partial charge in [0, 0.05) is 6.04 Å². The molecular formula is C10H13N5O. The normalized spacial score (nSPS) is 12.4. The van der Waals surface area contributed by atoms with Crippen LogP contribution in [0.1, 0.15) is 6.92 Å². The molecule has 0 fully saturated rings. The Labute approximate surface area is 92.9 Å². The standard InChI is InChI=1S/C10H13N5O/c1-8(7-16)11-10-12-13-14-15(10)9-5-3-2-4-6-9/h2-6,8,16H,7H2,1H3,(H,11,12,14). The van der Waals surface area contributed by atoms with Gasteiger partial charge in [-0.15, -0.1) is 0 Å². The lowest BCUT2D eigenvalue weighted by Crippen LogP contribution is -2.21. The van der Waals surface area contributed by atoms with Crippen LogP contribution in [0.3, 0.4) is 0 Å². The Bertz CT molecular complexity index is 441. The third-order valence-corrected chi connectivity index (χ3v) is 2.12. The first-order valence-electron chi connectivity index (χ1n) is 5.02. The maximum Gasteiger partial charge on any atom is 0.248 e. The van der Waals surface area contributed by atoms with Gasteiger partial charge in [0.15, 0.2) is 0 Å². The molecule has 2 rings (SSSR count). The molecule has 6 nitrogen and oxygen atoms in total. The van der Waals surface area contributed by atoms with E-state index in [1.165, 1.54) is 0 Å². The lowest BCUT2D eigenvalue weighted by atomic mass is 10.3. The molecule has 1 atom stereocenters. The third kappa shape index (κ3) is 2.17. The largest absolute Gasteiger partial charge is 0.394 e. The molecule has 0 bridgehead atoms. The molecule has 0 radical (unpaired) electrons. The lowest BCUT2D eigenvalue weighted by Gasteiger charge is -2.11. The Morgan fingerprint density at radius 1 is 1.38 bits per heavy atom. The second kappa shape index (κ2) is 4.71. The van der Waals surface area contributed by atoms with Gasteiger partial charge >= 0.3 is 0 Å². The van der Waals surface area contributed by atoms with Crippen molar-refractivity contribution in [1.29, 1.82) is 0 Å². The zero-order valence-electron chi connectivity index (χ0n) is 8.91. The highest BCUT2D eigenvalue weighted by Crippen LogP contribution is 2.10. The summed E-state index contributed by atoms with van der Waals surface area (Å²) in [5.74, 6) is 0.521. The average molecular weight is 219 g/mol. The van der Waals surface area contributed by atoms with Crippen LogP contribution in [0.2, 0.25) is 0 Å². The monoisotopic (exact) mass is 219 g/mol. The summed E-state index contributed by atoms with van der Waals surface area (Å²) in [7, 11) is 0. The van der Waals surface area contributed by atoms with Crippen molar-refractivity contribution < 1.29 is 5.11 Å². The minimum atomic E-state index is -0.0894. The van der Waals surface area contributed by atoms with E-state index in [2.05, 4.69) is 20.8 Å². The topological polar surface area (TPSA) is 75.9 Å². The van der Waals surface area contributed by atoms with E-state index in [0.29, 0.717) is 5.95 Å². The molecule has 0 aliphatic heterocycles. The van der Waals surface area contributed by atoms with Crippen LogP contribution >= 0.6 is 0 Å². The number of aliphatic hydroxyl groups excluding tert-OH is 1. The summed E-state index contributed by atoms with van der Waals surface area (Å²) in [6.45, 7) is 1.88. The first kappa shape index (κ1) is 10.6. The van der Waals surface area contributed by atoms with Crippen LogP contribution in [0.5, 0.6) is 0 Å². The highest BCUT2D eigenvalue weighted by molar-refractivity contribution is 5.38. The summed E-state index contributed by atoms with van der Waals surface area (Å²) >= 11 is 0. The SMILES string of the molecule is CC(CO)Nc1nnnn1-c1ccccc1. The van der Waals surface area contributed by atoms with Gasteiger partial charge in [0.1, 0.15) is 0 Å². The van der Waals surface area contributed by atoms with E-state index < -0.39 is 0 Å². The molecule has 0 amide bonds. The first-order valence-corrected chi connectivity index (χ1v) is 5.02.